The number of hydrogen-bond donors (Lipinski definition) is 1. The summed E-state index contributed by atoms with van der Waals surface area (Å²) in [5.74, 6) is 0.577. The smallest absolute Gasteiger partial charge is 0.123 e. The molecule has 2 aromatic heterocycles. The third kappa shape index (κ3) is 2.46. The van der Waals surface area contributed by atoms with Crippen LogP contribution in [0.25, 0.3) is 0 Å². The largest absolute Gasteiger partial charge is 0.384 e. The maximum absolute atomic E-state index is 5.62. The van der Waals surface area contributed by atoms with Gasteiger partial charge in [0.1, 0.15) is 5.82 Å². The number of rotatable bonds is 3. The third-order valence-corrected chi connectivity index (χ3v) is 3.80. The van der Waals surface area contributed by atoms with E-state index in [0.717, 1.165) is 13.1 Å². The summed E-state index contributed by atoms with van der Waals surface area (Å²) < 4.78 is 1.98. The lowest BCUT2D eigenvalue weighted by Crippen LogP contribution is -2.24. The Labute approximate surface area is 113 Å². The van der Waals surface area contributed by atoms with Gasteiger partial charge in [0.25, 0.3) is 0 Å². The molecule has 1 fully saturated rings. The molecule has 5 nitrogen and oxygen atoms in total. The van der Waals surface area contributed by atoms with E-state index in [1.807, 2.05) is 30.2 Å². The Hall–Kier alpha value is -1.88. The van der Waals surface area contributed by atoms with Gasteiger partial charge < -0.3 is 5.73 Å². The number of pyridine rings is 1. The topological polar surface area (TPSA) is 60.0 Å². The summed E-state index contributed by atoms with van der Waals surface area (Å²) in [6.07, 6.45) is 6.17. The van der Waals surface area contributed by atoms with Gasteiger partial charge in [-0.05, 0) is 37.1 Å². The van der Waals surface area contributed by atoms with Gasteiger partial charge in [-0.3, -0.25) is 9.58 Å². The standard InChI is InChI=1S/C14H19N5/c1-18-12(6-7-17-18)13-3-2-8-19(13)10-11-4-5-14(15)16-9-11/h4-7,9,13H,2-3,8,10H2,1H3,(H2,15,16). The maximum Gasteiger partial charge on any atom is 0.123 e. The van der Waals surface area contributed by atoms with Crippen molar-refractivity contribution in [2.75, 3.05) is 12.3 Å². The second kappa shape index (κ2) is 5.01. The van der Waals surface area contributed by atoms with E-state index in [9.17, 15) is 0 Å². The Morgan fingerprint density at radius 1 is 1.37 bits per heavy atom. The minimum absolute atomic E-state index is 0.463. The van der Waals surface area contributed by atoms with Crippen molar-refractivity contribution in [2.24, 2.45) is 7.05 Å². The number of aryl methyl sites for hydroxylation is 1. The van der Waals surface area contributed by atoms with Crippen LogP contribution in [0.5, 0.6) is 0 Å². The Morgan fingerprint density at radius 2 is 2.26 bits per heavy atom. The first-order valence-electron chi connectivity index (χ1n) is 6.66. The molecule has 0 bridgehead atoms. The highest BCUT2D eigenvalue weighted by Crippen LogP contribution is 2.32. The number of nitrogen functional groups attached to an aromatic ring is 1. The lowest BCUT2D eigenvalue weighted by Gasteiger charge is -2.24. The monoisotopic (exact) mass is 257 g/mol. The zero-order chi connectivity index (χ0) is 13.2. The van der Waals surface area contributed by atoms with Gasteiger partial charge in [0.15, 0.2) is 0 Å². The molecule has 5 heteroatoms. The van der Waals surface area contributed by atoms with Crippen LogP contribution in [0.2, 0.25) is 0 Å². The van der Waals surface area contributed by atoms with Crippen LogP contribution in [0.3, 0.4) is 0 Å². The van der Waals surface area contributed by atoms with Gasteiger partial charge in [-0.15, -0.1) is 0 Å². The Kier molecular flexibility index (Phi) is 3.21. The van der Waals surface area contributed by atoms with Crippen molar-refractivity contribution in [1.82, 2.24) is 19.7 Å². The molecule has 3 heterocycles. The minimum Gasteiger partial charge on any atom is -0.384 e. The molecule has 100 valence electrons. The molecule has 1 saturated heterocycles. The van der Waals surface area contributed by atoms with Crippen LogP contribution in [-0.2, 0) is 13.6 Å². The molecule has 2 N–H and O–H groups in total. The van der Waals surface area contributed by atoms with Crippen molar-refractivity contribution in [3.63, 3.8) is 0 Å². The van der Waals surface area contributed by atoms with E-state index in [-0.39, 0.29) is 0 Å². The Balaban J connectivity index is 1.77. The highest BCUT2D eigenvalue weighted by Gasteiger charge is 2.27. The lowest BCUT2D eigenvalue weighted by atomic mass is 10.1. The highest BCUT2D eigenvalue weighted by molar-refractivity contribution is 5.29. The number of aromatic nitrogens is 3. The van der Waals surface area contributed by atoms with E-state index in [1.165, 1.54) is 24.1 Å². The molecule has 0 saturated carbocycles. The van der Waals surface area contributed by atoms with Gasteiger partial charge in [0, 0.05) is 26.0 Å². The van der Waals surface area contributed by atoms with Crippen LogP contribution in [-0.4, -0.2) is 26.2 Å². The molecule has 1 atom stereocenters. The maximum atomic E-state index is 5.62. The molecule has 1 aliphatic rings. The zero-order valence-electron chi connectivity index (χ0n) is 11.2. The SMILES string of the molecule is Cn1nccc1C1CCCN1Cc1ccc(N)nc1. The normalized spacial score (nSPS) is 19.9. The van der Waals surface area contributed by atoms with Crippen LogP contribution in [0.4, 0.5) is 5.82 Å². The van der Waals surface area contributed by atoms with Crippen LogP contribution < -0.4 is 5.73 Å². The first-order valence-corrected chi connectivity index (χ1v) is 6.66. The molecule has 1 unspecified atom stereocenters. The first kappa shape index (κ1) is 12.2. The quantitative estimate of drug-likeness (QED) is 0.909. The average molecular weight is 257 g/mol. The zero-order valence-corrected chi connectivity index (χ0v) is 11.2. The molecule has 3 rings (SSSR count). The number of nitrogens with zero attached hydrogens (tertiary/aromatic N) is 4. The fourth-order valence-electron chi connectivity index (χ4n) is 2.83. The fraction of sp³-hybridized carbons (Fsp3) is 0.429. The molecular weight excluding hydrogens is 238 g/mol. The van der Waals surface area contributed by atoms with E-state index in [0.29, 0.717) is 11.9 Å². The minimum atomic E-state index is 0.463. The van der Waals surface area contributed by atoms with Gasteiger partial charge in [-0.25, -0.2) is 4.98 Å². The van der Waals surface area contributed by atoms with E-state index in [2.05, 4.69) is 27.1 Å². The van der Waals surface area contributed by atoms with Crippen molar-refractivity contribution < 1.29 is 0 Å². The van der Waals surface area contributed by atoms with Crippen molar-refractivity contribution in [2.45, 2.75) is 25.4 Å². The van der Waals surface area contributed by atoms with E-state index in [1.54, 1.807) is 0 Å². The second-order valence-corrected chi connectivity index (χ2v) is 5.10. The van der Waals surface area contributed by atoms with Gasteiger partial charge >= 0.3 is 0 Å². The van der Waals surface area contributed by atoms with Gasteiger partial charge in [-0.2, -0.15) is 5.10 Å². The summed E-state index contributed by atoms with van der Waals surface area (Å²) in [6, 6.07) is 6.50. The van der Waals surface area contributed by atoms with Gasteiger partial charge in [0.05, 0.1) is 11.7 Å². The van der Waals surface area contributed by atoms with E-state index >= 15 is 0 Å². The van der Waals surface area contributed by atoms with Crippen LogP contribution in [0.1, 0.15) is 30.1 Å². The molecular formula is C14H19N5. The fourth-order valence-corrected chi connectivity index (χ4v) is 2.83. The summed E-state index contributed by atoms with van der Waals surface area (Å²) in [7, 11) is 2.01. The van der Waals surface area contributed by atoms with Crippen molar-refractivity contribution >= 4 is 5.82 Å². The Morgan fingerprint density at radius 3 is 2.95 bits per heavy atom. The molecule has 19 heavy (non-hydrogen) atoms. The molecule has 0 aromatic carbocycles. The number of anilines is 1. The predicted octanol–water partition coefficient (Wildman–Crippen LogP) is 1.73. The average Bonchev–Trinajstić information content (AvgIpc) is 3.01. The first-order chi connectivity index (χ1) is 9.24. The highest BCUT2D eigenvalue weighted by atomic mass is 15.3. The van der Waals surface area contributed by atoms with Crippen LogP contribution >= 0.6 is 0 Å². The van der Waals surface area contributed by atoms with Crippen molar-refractivity contribution in [3.8, 4) is 0 Å². The molecule has 0 spiro atoms. The predicted molar refractivity (Wildman–Crippen MR) is 74.2 cm³/mol. The van der Waals surface area contributed by atoms with E-state index < -0.39 is 0 Å². The summed E-state index contributed by atoms with van der Waals surface area (Å²) in [5.41, 5.74) is 8.13. The van der Waals surface area contributed by atoms with Gasteiger partial charge in [-0.1, -0.05) is 6.07 Å². The Bertz CT molecular complexity index is 545. The summed E-state index contributed by atoms with van der Waals surface area (Å²) in [5, 5.41) is 4.28. The summed E-state index contributed by atoms with van der Waals surface area (Å²) in [4.78, 5) is 6.65. The van der Waals surface area contributed by atoms with Crippen LogP contribution in [0.15, 0.2) is 30.6 Å². The summed E-state index contributed by atoms with van der Waals surface area (Å²) in [6.45, 7) is 2.04. The van der Waals surface area contributed by atoms with Crippen molar-refractivity contribution in [3.05, 3.63) is 41.9 Å². The number of hydrogen-bond acceptors (Lipinski definition) is 4. The molecule has 0 amide bonds. The van der Waals surface area contributed by atoms with Crippen LogP contribution in [0, 0.1) is 0 Å². The number of nitrogens with two attached hydrogens (primary N) is 1. The molecule has 2 aromatic rings. The van der Waals surface area contributed by atoms with Gasteiger partial charge in [0.2, 0.25) is 0 Å². The summed E-state index contributed by atoms with van der Waals surface area (Å²) >= 11 is 0. The van der Waals surface area contributed by atoms with E-state index in [4.69, 9.17) is 5.73 Å². The second-order valence-electron chi connectivity index (χ2n) is 5.10. The lowest BCUT2D eigenvalue weighted by molar-refractivity contribution is 0.239. The molecule has 0 radical (unpaired) electrons. The third-order valence-electron chi connectivity index (χ3n) is 3.80. The molecule has 1 aliphatic heterocycles. The molecule has 0 aliphatic carbocycles. The number of likely N-dealkylation sites (tertiary alicyclic amines) is 1. The van der Waals surface area contributed by atoms with Crippen molar-refractivity contribution in [1.29, 1.82) is 0 Å².